The summed E-state index contributed by atoms with van der Waals surface area (Å²) in [6, 6.07) is 21.6. The minimum atomic E-state index is -0.0241. The first-order chi connectivity index (χ1) is 20.9. The average molecular weight is 637 g/mol. The van der Waals surface area contributed by atoms with Gasteiger partial charge >= 0.3 is 0 Å². The fourth-order valence-electron chi connectivity index (χ4n) is 3.85. The highest BCUT2D eigenvalue weighted by atomic mass is 35.5. The van der Waals surface area contributed by atoms with Crippen LogP contribution >= 0.6 is 23.2 Å². The number of nitrogens with two attached hydrogens (primary N) is 5. The zero-order valence-electron chi connectivity index (χ0n) is 25.0. The molecule has 0 saturated heterocycles. The van der Waals surface area contributed by atoms with Crippen LogP contribution in [-0.4, -0.2) is 35.3 Å². The van der Waals surface area contributed by atoms with E-state index in [1.807, 2.05) is 29.2 Å². The molecule has 0 radical (unpaired) electrons. The van der Waals surface area contributed by atoms with E-state index in [0.29, 0.717) is 51.8 Å². The van der Waals surface area contributed by atoms with Gasteiger partial charge in [0.2, 0.25) is 17.9 Å². The summed E-state index contributed by atoms with van der Waals surface area (Å²) in [5, 5.41) is 1.20. The SMILES string of the molecule is C/C(N)=C\N(/C(N)=N/C(N)=Nc1ccc(Cl)cc1)c1ccc(CN(CCC(C)C)/C(N)=N/C(N)=Nc2ccc(Cl)cc2)cc1. The summed E-state index contributed by atoms with van der Waals surface area (Å²) in [5.74, 6) is 0.834. The van der Waals surface area contributed by atoms with Gasteiger partial charge in [0.05, 0.1) is 11.4 Å². The summed E-state index contributed by atoms with van der Waals surface area (Å²) < 4.78 is 0. The maximum atomic E-state index is 6.41. The third kappa shape index (κ3) is 11.2. The number of rotatable bonds is 9. The van der Waals surface area contributed by atoms with Crippen LogP contribution < -0.4 is 33.6 Å². The summed E-state index contributed by atoms with van der Waals surface area (Å²) in [5.41, 5.74) is 34.3. The third-order valence-electron chi connectivity index (χ3n) is 6.07. The molecule has 0 heterocycles. The standard InChI is InChI=1S/C31H39Cl2N11/c1-20(2)16-17-43(30(37)41-28(35)39-25-10-6-23(32)7-11-25)19-22-4-14-27(15-5-22)44(18-21(3)34)31(38)42-29(36)40-26-12-8-24(33)9-13-26/h4-15,18,20H,16-17,19,34H2,1-3H3,(H4,35,37,39,41)(H4,36,38,40,42)/b21-18+. The molecule has 0 saturated carbocycles. The van der Waals surface area contributed by atoms with Gasteiger partial charge in [0, 0.05) is 40.7 Å². The molecule has 3 aromatic rings. The van der Waals surface area contributed by atoms with Gasteiger partial charge in [-0.15, -0.1) is 0 Å². The van der Waals surface area contributed by atoms with Crippen molar-refractivity contribution in [2.24, 2.45) is 54.6 Å². The van der Waals surface area contributed by atoms with Gasteiger partial charge in [-0.3, -0.25) is 4.90 Å². The number of anilines is 1. The molecule has 11 nitrogen and oxygen atoms in total. The van der Waals surface area contributed by atoms with Gasteiger partial charge in [0.1, 0.15) is 0 Å². The molecular formula is C31H39Cl2N11. The van der Waals surface area contributed by atoms with Gasteiger partial charge in [0.25, 0.3) is 0 Å². The lowest BCUT2D eigenvalue weighted by molar-refractivity contribution is 0.371. The molecule has 0 spiro atoms. The minimum absolute atomic E-state index is 0.0241. The molecule has 0 atom stereocenters. The molecule has 0 amide bonds. The van der Waals surface area contributed by atoms with Crippen molar-refractivity contribution in [3.63, 3.8) is 0 Å². The van der Waals surface area contributed by atoms with Crippen LogP contribution in [-0.2, 0) is 6.54 Å². The quantitative estimate of drug-likeness (QED) is 0.154. The van der Waals surface area contributed by atoms with Crippen LogP contribution in [0.4, 0.5) is 17.1 Å². The van der Waals surface area contributed by atoms with Crippen LogP contribution in [0.15, 0.2) is 105 Å². The number of nitrogens with zero attached hydrogens (tertiary/aromatic N) is 6. The zero-order chi connectivity index (χ0) is 32.2. The molecule has 0 bridgehead atoms. The zero-order valence-corrected chi connectivity index (χ0v) is 26.5. The van der Waals surface area contributed by atoms with E-state index in [-0.39, 0.29) is 23.8 Å². The van der Waals surface area contributed by atoms with Gasteiger partial charge in [-0.05, 0) is 85.5 Å². The first-order valence-corrected chi connectivity index (χ1v) is 14.6. The molecule has 3 rings (SSSR count). The lowest BCUT2D eigenvalue weighted by Gasteiger charge is -2.25. The van der Waals surface area contributed by atoms with Crippen molar-refractivity contribution in [2.75, 3.05) is 11.4 Å². The van der Waals surface area contributed by atoms with E-state index in [4.69, 9.17) is 51.9 Å². The summed E-state index contributed by atoms with van der Waals surface area (Å²) in [6.45, 7) is 7.22. The van der Waals surface area contributed by atoms with E-state index in [1.54, 1.807) is 66.6 Å². The molecule has 10 N–H and O–H groups in total. The summed E-state index contributed by atoms with van der Waals surface area (Å²) in [7, 11) is 0. The Kier molecular flexibility index (Phi) is 12.4. The third-order valence-corrected chi connectivity index (χ3v) is 6.57. The number of halogens is 2. The first kappa shape index (κ1) is 33.8. The normalized spacial score (nSPS) is 13.4. The van der Waals surface area contributed by atoms with E-state index >= 15 is 0 Å². The largest absolute Gasteiger partial charge is 0.401 e. The Morgan fingerprint density at radius 1 is 0.727 bits per heavy atom. The van der Waals surface area contributed by atoms with Crippen LogP contribution in [0.2, 0.25) is 10.0 Å². The van der Waals surface area contributed by atoms with Crippen LogP contribution in [0.25, 0.3) is 0 Å². The van der Waals surface area contributed by atoms with Crippen LogP contribution in [0.1, 0.15) is 32.8 Å². The smallest absolute Gasteiger partial charge is 0.223 e. The molecule has 0 aliphatic heterocycles. The topological polar surface area (TPSA) is 186 Å². The maximum absolute atomic E-state index is 6.41. The van der Waals surface area contributed by atoms with Crippen molar-refractivity contribution in [1.82, 2.24) is 4.90 Å². The monoisotopic (exact) mass is 635 g/mol. The van der Waals surface area contributed by atoms with Crippen molar-refractivity contribution < 1.29 is 0 Å². The van der Waals surface area contributed by atoms with E-state index < -0.39 is 0 Å². The minimum Gasteiger partial charge on any atom is -0.401 e. The van der Waals surface area contributed by atoms with Gasteiger partial charge in [-0.25, -0.2) is 9.98 Å². The first-order valence-electron chi connectivity index (χ1n) is 13.8. The summed E-state index contributed by atoms with van der Waals surface area (Å²) >= 11 is 11.9. The number of guanidine groups is 4. The number of hydrogen-bond donors (Lipinski definition) is 5. The predicted octanol–water partition coefficient (Wildman–Crippen LogP) is 5.39. The molecule has 0 aromatic heterocycles. The fraction of sp³-hybridized carbons (Fsp3) is 0.226. The number of hydrogen-bond acceptors (Lipinski definition) is 3. The molecule has 232 valence electrons. The van der Waals surface area contributed by atoms with Crippen molar-refractivity contribution in [3.05, 3.63) is 100 Å². The number of allylic oxidation sites excluding steroid dienone is 1. The van der Waals surface area contributed by atoms with Crippen molar-refractivity contribution in [2.45, 2.75) is 33.7 Å². The van der Waals surface area contributed by atoms with Crippen LogP contribution in [0.3, 0.4) is 0 Å². The Morgan fingerprint density at radius 2 is 1.20 bits per heavy atom. The maximum Gasteiger partial charge on any atom is 0.223 e. The van der Waals surface area contributed by atoms with E-state index in [0.717, 1.165) is 12.0 Å². The molecule has 0 fully saturated rings. The lowest BCUT2D eigenvalue weighted by atomic mass is 10.1. The molecule has 13 heteroatoms. The molecule has 44 heavy (non-hydrogen) atoms. The predicted molar refractivity (Wildman–Crippen MR) is 185 cm³/mol. The number of aliphatic imine (C=N–C) groups is 4. The van der Waals surface area contributed by atoms with Gasteiger partial charge in [-0.1, -0.05) is 49.2 Å². The van der Waals surface area contributed by atoms with Crippen molar-refractivity contribution in [1.29, 1.82) is 0 Å². The van der Waals surface area contributed by atoms with E-state index in [2.05, 4.69) is 33.8 Å². The molecular weight excluding hydrogens is 597 g/mol. The van der Waals surface area contributed by atoms with E-state index in [1.165, 1.54) is 0 Å². The van der Waals surface area contributed by atoms with Crippen molar-refractivity contribution >= 4 is 64.1 Å². The van der Waals surface area contributed by atoms with Crippen LogP contribution in [0, 0.1) is 5.92 Å². The Balaban J connectivity index is 1.82. The summed E-state index contributed by atoms with van der Waals surface area (Å²) in [4.78, 5) is 20.8. The van der Waals surface area contributed by atoms with Crippen molar-refractivity contribution in [3.8, 4) is 0 Å². The van der Waals surface area contributed by atoms with Gasteiger partial charge in [-0.2, -0.15) is 9.98 Å². The highest BCUT2D eigenvalue weighted by Gasteiger charge is 2.14. The Labute approximate surface area is 268 Å². The molecule has 0 unspecified atom stereocenters. The molecule has 0 aliphatic carbocycles. The molecule has 3 aromatic carbocycles. The average Bonchev–Trinajstić information content (AvgIpc) is 2.96. The fourth-order valence-corrected chi connectivity index (χ4v) is 4.10. The Hall–Kier alpha value is -4.74. The summed E-state index contributed by atoms with van der Waals surface area (Å²) in [6.07, 6.45) is 2.56. The number of benzene rings is 3. The van der Waals surface area contributed by atoms with Gasteiger partial charge < -0.3 is 33.6 Å². The van der Waals surface area contributed by atoms with Gasteiger partial charge in [0.15, 0.2) is 5.96 Å². The Morgan fingerprint density at radius 3 is 1.66 bits per heavy atom. The Bertz CT molecular complexity index is 1520. The second kappa shape index (κ2) is 16.2. The van der Waals surface area contributed by atoms with Crippen LogP contribution in [0.5, 0.6) is 0 Å². The second-order valence-corrected chi connectivity index (χ2v) is 11.2. The molecule has 0 aliphatic rings. The highest BCUT2D eigenvalue weighted by Crippen LogP contribution is 2.20. The lowest BCUT2D eigenvalue weighted by Crippen LogP contribution is -2.39. The second-order valence-electron chi connectivity index (χ2n) is 10.3. The highest BCUT2D eigenvalue weighted by molar-refractivity contribution is 6.30. The van der Waals surface area contributed by atoms with E-state index in [9.17, 15) is 0 Å².